The normalized spacial score (nSPS) is 16.1. The molecule has 1 N–H and O–H groups in total. The maximum atomic E-state index is 12.1. The fourth-order valence-electron chi connectivity index (χ4n) is 2.21. The molecule has 2 rings (SSSR count). The van der Waals surface area contributed by atoms with Crippen LogP contribution in [-0.2, 0) is 4.79 Å². The third-order valence-electron chi connectivity index (χ3n) is 3.58. The van der Waals surface area contributed by atoms with E-state index in [0.29, 0.717) is 11.7 Å². The van der Waals surface area contributed by atoms with E-state index >= 15 is 0 Å². The Morgan fingerprint density at radius 1 is 1.35 bits per heavy atom. The molecule has 0 saturated carbocycles. The van der Waals surface area contributed by atoms with Crippen LogP contribution in [0.3, 0.4) is 0 Å². The minimum Gasteiger partial charge on any atom is -0.478 e. The Morgan fingerprint density at radius 3 is 2.70 bits per heavy atom. The zero-order valence-corrected chi connectivity index (χ0v) is 12.4. The van der Waals surface area contributed by atoms with Crippen LogP contribution in [0.1, 0.15) is 30.1 Å². The van der Waals surface area contributed by atoms with Gasteiger partial charge in [0.05, 0.1) is 11.3 Å². The van der Waals surface area contributed by atoms with Gasteiger partial charge in [-0.15, -0.1) is 11.8 Å². The summed E-state index contributed by atoms with van der Waals surface area (Å²) < 4.78 is 0. The van der Waals surface area contributed by atoms with Crippen molar-refractivity contribution in [1.82, 2.24) is 4.90 Å². The first kappa shape index (κ1) is 14.9. The van der Waals surface area contributed by atoms with E-state index in [1.165, 1.54) is 11.8 Å². The lowest BCUT2D eigenvalue weighted by Crippen LogP contribution is -2.38. The molecule has 1 aliphatic rings. The van der Waals surface area contributed by atoms with Gasteiger partial charge in [0.1, 0.15) is 0 Å². The molecule has 108 valence electrons. The fourth-order valence-corrected chi connectivity index (χ4v) is 3.07. The van der Waals surface area contributed by atoms with Crippen molar-refractivity contribution in [2.24, 2.45) is 5.92 Å². The number of aromatic carboxylic acids is 1. The van der Waals surface area contributed by atoms with Crippen molar-refractivity contribution >= 4 is 23.6 Å². The molecule has 0 bridgehead atoms. The molecule has 0 aromatic heterocycles. The Labute approximate surface area is 123 Å². The Hall–Kier alpha value is -1.49. The van der Waals surface area contributed by atoms with Crippen LogP contribution >= 0.6 is 11.8 Å². The van der Waals surface area contributed by atoms with Crippen molar-refractivity contribution < 1.29 is 14.7 Å². The molecule has 1 fully saturated rings. The Balaban J connectivity index is 1.87. The molecule has 4 nitrogen and oxygen atoms in total. The number of carbonyl (C=O) groups is 2. The van der Waals surface area contributed by atoms with E-state index in [1.54, 1.807) is 18.2 Å². The molecule has 1 aromatic rings. The topological polar surface area (TPSA) is 57.6 Å². The number of piperidine rings is 1. The Kier molecular flexibility index (Phi) is 5.06. The van der Waals surface area contributed by atoms with E-state index in [-0.39, 0.29) is 11.5 Å². The van der Waals surface area contributed by atoms with Gasteiger partial charge in [0.2, 0.25) is 5.91 Å². The third-order valence-corrected chi connectivity index (χ3v) is 4.56. The monoisotopic (exact) mass is 293 g/mol. The van der Waals surface area contributed by atoms with Crippen LogP contribution in [0.5, 0.6) is 0 Å². The molecule has 0 spiro atoms. The van der Waals surface area contributed by atoms with E-state index in [0.717, 1.165) is 30.8 Å². The number of carboxylic acids is 1. The molecule has 1 amide bonds. The van der Waals surface area contributed by atoms with Gasteiger partial charge in [-0.3, -0.25) is 4.79 Å². The first-order valence-electron chi connectivity index (χ1n) is 6.80. The highest BCUT2D eigenvalue weighted by molar-refractivity contribution is 8.00. The average Bonchev–Trinajstić information content (AvgIpc) is 2.46. The summed E-state index contributed by atoms with van der Waals surface area (Å²) in [6.45, 7) is 3.90. The lowest BCUT2D eigenvalue weighted by Gasteiger charge is -2.30. The highest BCUT2D eigenvalue weighted by Gasteiger charge is 2.20. The van der Waals surface area contributed by atoms with Crippen LogP contribution in [0, 0.1) is 5.92 Å². The molecular weight excluding hydrogens is 274 g/mol. The van der Waals surface area contributed by atoms with Crippen molar-refractivity contribution in [3.05, 3.63) is 29.8 Å². The summed E-state index contributed by atoms with van der Waals surface area (Å²) in [6, 6.07) is 6.71. The first-order valence-corrected chi connectivity index (χ1v) is 7.79. The maximum absolute atomic E-state index is 12.1. The summed E-state index contributed by atoms with van der Waals surface area (Å²) >= 11 is 1.40. The van der Waals surface area contributed by atoms with Crippen LogP contribution in [-0.4, -0.2) is 40.7 Å². The quantitative estimate of drug-likeness (QED) is 0.867. The summed E-state index contributed by atoms with van der Waals surface area (Å²) in [5, 5.41) is 8.93. The molecule has 0 aliphatic carbocycles. The predicted molar refractivity (Wildman–Crippen MR) is 79.1 cm³/mol. The Bertz CT molecular complexity index is 496. The van der Waals surface area contributed by atoms with Crippen molar-refractivity contribution in [3.63, 3.8) is 0 Å². The van der Waals surface area contributed by atoms with Crippen LogP contribution in [0.15, 0.2) is 29.2 Å². The predicted octanol–water partition coefficient (Wildman–Crippen LogP) is 2.74. The third kappa shape index (κ3) is 4.00. The second-order valence-electron chi connectivity index (χ2n) is 5.18. The lowest BCUT2D eigenvalue weighted by molar-refractivity contribution is -0.129. The van der Waals surface area contributed by atoms with E-state index in [9.17, 15) is 9.59 Å². The number of amides is 1. The van der Waals surface area contributed by atoms with Gasteiger partial charge >= 0.3 is 5.97 Å². The second-order valence-corrected chi connectivity index (χ2v) is 6.23. The second kappa shape index (κ2) is 6.79. The molecule has 5 heteroatoms. The number of hydrogen-bond acceptors (Lipinski definition) is 3. The van der Waals surface area contributed by atoms with Gasteiger partial charge in [0.15, 0.2) is 0 Å². The number of likely N-dealkylation sites (tertiary alicyclic amines) is 1. The number of carboxylic acid groups (broad SMARTS) is 1. The van der Waals surface area contributed by atoms with E-state index < -0.39 is 5.97 Å². The number of rotatable bonds is 4. The highest BCUT2D eigenvalue weighted by Crippen LogP contribution is 2.21. The molecule has 1 heterocycles. The number of hydrogen-bond donors (Lipinski definition) is 1. The van der Waals surface area contributed by atoms with Gasteiger partial charge in [0.25, 0.3) is 0 Å². The molecule has 1 aromatic carbocycles. The average molecular weight is 293 g/mol. The van der Waals surface area contributed by atoms with Crippen molar-refractivity contribution in [3.8, 4) is 0 Å². The zero-order chi connectivity index (χ0) is 14.5. The van der Waals surface area contributed by atoms with Crippen LogP contribution < -0.4 is 0 Å². The molecular formula is C15H19NO3S. The number of nitrogens with zero attached hydrogens (tertiary/aromatic N) is 1. The highest BCUT2D eigenvalue weighted by atomic mass is 32.2. The summed E-state index contributed by atoms with van der Waals surface area (Å²) in [5.41, 5.74) is 0.259. The zero-order valence-electron chi connectivity index (χ0n) is 11.5. The van der Waals surface area contributed by atoms with E-state index in [2.05, 4.69) is 6.92 Å². The van der Waals surface area contributed by atoms with Crippen LogP contribution in [0.2, 0.25) is 0 Å². The largest absolute Gasteiger partial charge is 0.478 e. The van der Waals surface area contributed by atoms with Gasteiger partial charge < -0.3 is 10.0 Å². The smallest absolute Gasteiger partial charge is 0.335 e. The molecule has 0 radical (unpaired) electrons. The van der Waals surface area contributed by atoms with Gasteiger partial charge in [-0.05, 0) is 37.0 Å². The van der Waals surface area contributed by atoms with E-state index in [4.69, 9.17) is 5.11 Å². The lowest BCUT2D eigenvalue weighted by atomic mass is 9.99. The summed E-state index contributed by atoms with van der Waals surface area (Å²) in [5.74, 6) is 0.280. The molecule has 0 unspecified atom stereocenters. The fraction of sp³-hybridized carbons (Fsp3) is 0.467. The molecule has 20 heavy (non-hydrogen) atoms. The minimum absolute atomic E-state index is 0.141. The Morgan fingerprint density at radius 2 is 2.05 bits per heavy atom. The summed E-state index contributed by atoms with van der Waals surface area (Å²) in [4.78, 5) is 25.7. The minimum atomic E-state index is -0.941. The number of benzene rings is 1. The van der Waals surface area contributed by atoms with Gasteiger partial charge in [-0.2, -0.15) is 0 Å². The number of carbonyl (C=O) groups excluding carboxylic acids is 1. The molecule has 0 atom stereocenters. The van der Waals surface area contributed by atoms with Gasteiger partial charge in [-0.25, -0.2) is 4.79 Å². The standard InChI is InChI=1S/C15H19NO3S/c1-11-5-7-16(8-6-11)14(17)10-20-13-4-2-3-12(9-13)15(18)19/h2-4,9,11H,5-8,10H2,1H3,(H,18,19). The first-order chi connectivity index (χ1) is 9.56. The summed E-state index contributed by atoms with van der Waals surface area (Å²) in [7, 11) is 0. The van der Waals surface area contributed by atoms with Crippen LogP contribution in [0.25, 0.3) is 0 Å². The van der Waals surface area contributed by atoms with E-state index in [1.807, 2.05) is 11.0 Å². The van der Waals surface area contributed by atoms with Crippen molar-refractivity contribution in [1.29, 1.82) is 0 Å². The van der Waals surface area contributed by atoms with Crippen LogP contribution in [0.4, 0.5) is 0 Å². The maximum Gasteiger partial charge on any atom is 0.335 e. The SMILES string of the molecule is CC1CCN(C(=O)CSc2cccc(C(=O)O)c2)CC1. The number of thioether (sulfide) groups is 1. The van der Waals surface area contributed by atoms with Gasteiger partial charge in [-0.1, -0.05) is 13.0 Å². The summed E-state index contributed by atoms with van der Waals surface area (Å²) in [6.07, 6.45) is 2.15. The molecule has 1 aliphatic heterocycles. The molecule has 1 saturated heterocycles. The van der Waals surface area contributed by atoms with Crippen molar-refractivity contribution in [2.45, 2.75) is 24.7 Å². The van der Waals surface area contributed by atoms with Gasteiger partial charge in [0, 0.05) is 18.0 Å². The van der Waals surface area contributed by atoms with Crippen molar-refractivity contribution in [2.75, 3.05) is 18.8 Å².